The molecule has 1 nitrogen and oxygen atoms in total. The van der Waals surface area contributed by atoms with Crippen molar-refractivity contribution in [3.63, 3.8) is 0 Å². The summed E-state index contributed by atoms with van der Waals surface area (Å²) >= 11 is 15.4. The van der Waals surface area contributed by atoms with E-state index >= 15 is 0 Å². The van der Waals surface area contributed by atoms with Crippen LogP contribution >= 0.6 is 46.3 Å². The predicted octanol–water partition coefficient (Wildman–Crippen LogP) is 5.08. The summed E-state index contributed by atoms with van der Waals surface area (Å²) in [5.74, 6) is 2.19. The van der Waals surface area contributed by atoms with Gasteiger partial charge in [-0.25, -0.2) is 0 Å². The maximum Gasteiger partial charge on any atom is 0.203 e. The molecule has 2 aromatic rings. The maximum atomic E-state index is 12.4. The minimum atomic E-state index is 0.0305. The Balaban J connectivity index is 1.95. The summed E-state index contributed by atoms with van der Waals surface area (Å²) in [6, 6.07) is 7.06. The SMILES string of the molecule is O=C(c1ccc(Cl)c(Cl)c1)c1cc2c(s1)CCSC2. The number of benzene rings is 1. The second kappa shape index (κ2) is 5.49. The highest BCUT2D eigenvalue weighted by Gasteiger charge is 2.19. The summed E-state index contributed by atoms with van der Waals surface area (Å²) in [5, 5.41) is 0.893. The summed E-state index contributed by atoms with van der Waals surface area (Å²) < 4.78 is 0. The van der Waals surface area contributed by atoms with E-state index in [0.717, 1.165) is 22.8 Å². The van der Waals surface area contributed by atoms with Crippen LogP contribution in [-0.2, 0) is 12.2 Å². The van der Waals surface area contributed by atoms with Gasteiger partial charge in [0.2, 0.25) is 5.78 Å². The first-order valence-electron chi connectivity index (χ1n) is 5.84. The quantitative estimate of drug-likeness (QED) is 0.715. The highest BCUT2D eigenvalue weighted by Crippen LogP contribution is 2.33. The molecule has 0 N–H and O–H groups in total. The van der Waals surface area contributed by atoms with E-state index in [0.29, 0.717) is 15.6 Å². The highest BCUT2D eigenvalue weighted by atomic mass is 35.5. The van der Waals surface area contributed by atoms with Crippen LogP contribution in [0, 0.1) is 0 Å². The molecule has 1 aliphatic rings. The summed E-state index contributed by atoms with van der Waals surface area (Å²) in [6.45, 7) is 0. The van der Waals surface area contributed by atoms with Gasteiger partial charge in [0.25, 0.3) is 0 Å². The molecular weight excluding hydrogens is 319 g/mol. The summed E-state index contributed by atoms with van der Waals surface area (Å²) in [7, 11) is 0. The minimum absolute atomic E-state index is 0.0305. The Morgan fingerprint density at radius 2 is 2.00 bits per heavy atom. The maximum absolute atomic E-state index is 12.4. The van der Waals surface area contributed by atoms with Gasteiger partial charge in [0.15, 0.2) is 0 Å². The smallest absolute Gasteiger partial charge is 0.203 e. The van der Waals surface area contributed by atoms with E-state index < -0.39 is 0 Å². The Morgan fingerprint density at radius 1 is 1.16 bits per heavy atom. The molecule has 1 aromatic heterocycles. The number of thiophene rings is 1. The second-order valence-electron chi connectivity index (χ2n) is 4.32. The molecule has 0 fully saturated rings. The van der Waals surface area contributed by atoms with Crippen LogP contribution in [0.15, 0.2) is 24.3 Å². The lowest BCUT2D eigenvalue weighted by molar-refractivity contribution is 0.104. The van der Waals surface area contributed by atoms with Crippen molar-refractivity contribution in [2.75, 3.05) is 5.75 Å². The number of ketones is 1. The zero-order chi connectivity index (χ0) is 13.4. The van der Waals surface area contributed by atoms with E-state index in [1.54, 1.807) is 29.5 Å². The van der Waals surface area contributed by atoms with Crippen LogP contribution < -0.4 is 0 Å². The van der Waals surface area contributed by atoms with Crippen molar-refractivity contribution in [1.29, 1.82) is 0 Å². The summed E-state index contributed by atoms with van der Waals surface area (Å²) in [6.07, 6.45) is 1.07. The van der Waals surface area contributed by atoms with E-state index in [1.165, 1.54) is 10.4 Å². The van der Waals surface area contributed by atoms with Crippen molar-refractivity contribution in [2.24, 2.45) is 0 Å². The molecule has 0 aliphatic carbocycles. The van der Waals surface area contributed by atoms with Crippen LogP contribution in [0.4, 0.5) is 0 Å². The molecule has 0 spiro atoms. The van der Waals surface area contributed by atoms with Gasteiger partial charge < -0.3 is 0 Å². The van der Waals surface area contributed by atoms with Gasteiger partial charge in [-0.1, -0.05) is 23.2 Å². The zero-order valence-corrected chi connectivity index (χ0v) is 13.1. The number of carbonyl (C=O) groups excluding carboxylic acids is 1. The first-order chi connectivity index (χ1) is 9.15. The Labute approximate surface area is 129 Å². The van der Waals surface area contributed by atoms with Crippen molar-refractivity contribution in [2.45, 2.75) is 12.2 Å². The van der Waals surface area contributed by atoms with E-state index in [-0.39, 0.29) is 5.78 Å². The molecule has 0 radical (unpaired) electrons. The van der Waals surface area contributed by atoms with E-state index in [1.807, 2.05) is 17.8 Å². The third kappa shape index (κ3) is 2.70. The average Bonchev–Trinajstić information content (AvgIpc) is 2.85. The molecule has 2 heterocycles. The Kier molecular flexibility index (Phi) is 3.90. The van der Waals surface area contributed by atoms with Crippen LogP contribution in [0.1, 0.15) is 25.7 Å². The third-order valence-corrected chi connectivity index (χ3v) is 6.02. The summed E-state index contributed by atoms with van der Waals surface area (Å²) in [4.78, 5) is 14.6. The first-order valence-corrected chi connectivity index (χ1v) is 8.57. The molecule has 0 amide bonds. The molecule has 19 heavy (non-hydrogen) atoms. The van der Waals surface area contributed by atoms with Gasteiger partial charge in [-0.05, 0) is 42.0 Å². The molecule has 0 bridgehead atoms. The summed E-state index contributed by atoms with van der Waals surface area (Å²) in [5.41, 5.74) is 1.91. The first kappa shape index (κ1) is 13.5. The van der Waals surface area contributed by atoms with Gasteiger partial charge in [-0.2, -0.15) is 11.8 Å². The highest BCUT2D eigenvalue weighted by molar-refractivity contribution is 7.98. The number of carbonyl (C=O) groups is 1. The molecular formula is C14H10Cl2OS2. The van der Waals surface area contributed by atoms with Gasteiger partial charge in [-0.15, -0.1) is 11.3 Å². The van der Waals surface area contributed by atoms with Gasteiger partial charge in [-0.3, -0.25) is 4.79 Å². The molecule has 3 rings (SSSR count). The van der Waals surface area contributed by atoms with Crippen LogP contribution in [0.25, 0.3) is 0 Å². The van der Waals surface area contributed by atoms with Gasteiger partial charge in [0.1, 0.15) is 0 Å². The van der Waals surface area contributed by atoms with Gasteiger partial charge in [0, 0.05) is 16.2 Å². The van der Waals surface area contributed by atoms with Crippen molar-refractivity contribution in [3.8, 4) is 0 Å². The zero-order valence-electron chi connectivity index (χ0n) is 9.91. The third-order valence-electron chi connectivity index (χ3n) is 3.03. The number of rotatable bonds is 2. The van der Waals surface area contributed by atoms with Crippen LogP contribution in [-0.4, -0.2) is 11.5 Å². The number of halogens is 2. The lowest BCUT2D eigenvalue weighted by Crippen LogP contribution is -1.98. The monoisotopic (exact) mass is 328 g/mol. The molecule has 0 saturated carbocycles. The van der Waals surface area contributed by atoms with E-state index in [4.69, 9.17) is 23.2 Å². The number of fused-ring (bicyclic) bond motifs is 1. The Bertz CT molecular complexity index is 625. The van der Waals surface area contributed by atoms with Crippen molar-refractivity contribution in [1.82, 2.24) is 0 Å². The van der Waals surface area contributed by atoms with Gasteiger partial charge >= 0.3 is 0 Å². The van der Waals surface area contributed by atoms with Crippen LogP contribution in [0.5, 0.6) is 0 Å². The number of aryl methyl sites for hydroxylation is 1. The lowest BCUT2D eigenvalue weighted by Gasteiger charge is -2.08. The Hall–Kier alpha value is -0.480. The topological polar surface area (TPSA) is 17.1 Å². The molecule has 1 aromatic carbocycles. The fourth-order valence-corrected chi connectivity index (χ4v) is 4.67. The van der Waals surface area contributed by atoms with Crippen molar-refractivity contribution < 1.29 is 4.79 Å². The number of hydrogen-bond acceptors (Lipinski definition) is 3. The van der Waals surface area contributed by atoms with Crippen molar-refractivity contribution in [3.05, 3.63) is 55.2 Å². The van der Waals surface area contributed by atoms with Crippen LogP contribution in [0.3, 0.4) is 0 Å². The fourth-order valence-electron chi connectivity index (χ4n) is 2.04. The molecule has 0 saturated heterocycles. The average molecular weight is 329 g/mol. The van der Waals surface area contributed by atoms with E-state index in [2.05, 4.69) is 0 Å². The van der Waals surface area contributed by atoms with Gasteiger partial charge in [0.05, 0.1) is 14.9 Å². The molecule has 0 unspecified atom stereocenters. The molecule has 0 atom stereocenters. The van der Waals surface area contributed by atoms with E-state index in [9.17, 15) is 4.79 Å². The van der Waals surface area contributed by atoms with Crippen molar-refractivity contribution >= 4 is 52.1 Å². The normalized spacial score (nSPS) is 14.2. The number of hydrogen-bond donors (Lipinski definition) is 0. The predicted molar refractivity (Wildman–Crippen MR) is 84.1 cm³/mol. The second-order valence-corrected chi connectivity index (χ2v) is 7.38. The minimum Gasteiger partial charge on any atom is -0.288 e. The molecule has 98 valence electrons. The lowest BCUT2D eigenvalue weighted by atomic mass is 10.1. The molecule has 1 aliphatic heterocycles. The Morgan fingerprint density at radius 3 is 2.74 bits per heavy atom. The largest absolute Gasteiger partial charge is 0.288 e. The fraction of sp³-hybridized carbons (Fsp3) is 0.214. The number of thioether (sulfide) groups is 1. The molecule has 5 heteroatoms. The van der Waals surface area contributed by atoms with Crippen LogP contribution in [0.2, 0.25) is 10.0 Å². The standard InChI is InChI=1S/C14H10Cl2OS2/c15-10-2-1-8(5-11(10)16)14(17)13-6-9-7-18-4-3-12(9)19-13/h1-2,5-6H,3-4,7H2.